The summed E-state index contributed by atoms with van der Waals surface area (Å²) in [6, 6.07) is 9.31. The molecular formula is C12H13N5O2S. The maximum absolute atomic E-state index is 11.9. The fourth-order valence-electron chi connectivity index (χ4n) is 1.52. The summed E-state index contributed by atoms with van der Waals surface area (Å²) < 4.78 is 4.71. The Morgan fingerprint density at radius 1 is 1.30 bits per heavy atom. The standard InChI is InChI=1S/C12H13N5O2S/c1-7-9(10(13)19-17-7)11(18)15-16-12(20)14-8-5-3-2-4-6-8/h2-6H,13H2,1H3,(H,15,18)(H2,14,16,20). The summed E-state index contributed by atoms with van der Waals surface area (Å²) in [5.74, 6) is -0.512. The van der Waals surface area contributed by atoms with E-state index < -0.39 is 5.91 Å². The predicted octanol–water partition coefficient (Wildman–Crippen LogP) is 1.20. The van der Waals surface area contributed by atoms with Crippen LogP contribution in [0.2, 0.25) is 0 Å². The van der Waals surface area contributed by atoms with Crippen molar-refractivity contribution in [2.45, 2.75) is 6.92 Å². The third-order valence-corrected chi connectivity index (χ3v) is 2.64. The zero-order valence-corrected chi connectivity index (χ0v) is 11.5. The highest BCUT2D eigenvalue weighted by Gasteiger charge is 2.18. The van der Waals surface area contributed by atoms with Crippen LogP contribution < -0.4 is 21.9 Å². The highest BCUT2D eigenvalue weighted by Crippen LogP contribution is 2.14. The van der Waals surface area contributed by atoms with E-state index in [2.05, 4.69) is 21.3 Å². The molecule has 0 fully saturated rings. The van der Waals surface area contributed by atoms with Crippen LogP contribution in [-0.4, -0.2) is 16.2 Å². The number of hydrogen-bond acceptors (Lipinski definition) is 5. The first-order chi connectivity index (χ1) is 9.58. The molecule has 0 saturated heterocycles. The Morgan fingerprint density at radius 2 is 2.00 bits per heavy atom. The van der Waals surface area contributed by atoms with Crippen molar-refractivity contribution in [2.24, 2.45) is 0 Å². The van der Waals surface area contributed by atoms with Crippen LogP contribution in [0.1, 0.15) is 16.1 Å². The first-order valence-corrected chi connectivity index (χ1v) is 6.13. The SMILES string of the molecule is Cc1noc(N)c1C(=O)NNC(=S)Nc1ccccc1. The van der Waals surface area contributed by atoms with Crippen molar-refractivity contribution in [3.63, 3.8) is 0 Å². The van der Waals surface area contributed by atoms with Crippen molar-refractivity contribution in [2.75, 3.05) is 11.1 Å². The van der Waals surface area contributed by atoms with E-state index in [-0.39, 0.29) is 16.6 Å². The number of nitrogens with one attached hydrogen (secondary N) is 3. The van der Waals surface area contributed by atoms with Gasteiger partial charge in [-0.3, -0.25) is 15.6 Å². The topological polar surface area (TPSA) is 105 Å². The number of carbonyl (C=O) groups is 1. The molecule has 1 aromatic heterocycles. The molecule has 0 saturated carbocycles. The van der Waals surface area contributed by atoms with Gasteiger partial charge in [-0.2, -0.15) is 0 Å². The van der Waals surface area contributed by atoms with Gasteiger partial charge < -0.3 is 15.6 Å². The van der Waals surface area contributed by atoms with Crippen LogP contribution in [0.5, 0.6) is 0 Å². The Morgan fingerprint density at radius 3 is 2.60 bits per heavy atom. The van der Waals surface area contributed by atoms with Crippen molar-refractivity contribution < 1.29 is 9.32 Å². The second-order valence-corrected chi connectivity index (χ2v) is 4.31. The second-order valence-electron chi connectivity index (χ2n) is 3.91. The van der Waals surface area contributed by atoms with Crippen LogP contribution in [-0.2, 0) is 0 Å². The monoisotopic (exact) mass is 291 g/mol. The first kappa shape index (κ1) is 13.8. The molecule has 20 heavy (non-hydrogen) atoms. The van der Waals surface area contributed by atoms with Gasteiger partial charge >= 0.3 is 0 Å². The lowest BCUT2D eigenvalue weighted by Crippen LogP contribution is -2.44. The minimum absolute atomic E-state index is 0.0382. The van der Waals surface area contributed by atoms with Gasteiger partial charge in [-0.25, -0.2) is 0 Å². The highest BCUT2D eigenvalue weighted by molar-refractivity contribution is 7.80. The Labute approximate surface area is 120 Å². The predicted molar refractivity (Wildman–Crippen MR) is 78.9 cm³/mol. The summed E-state index contributed by atoms with van der Waals surface area (Å²) in [5, 5.41) is 6.75. The number of anilines is 2. The number of para-hydroxylation sites is 1. The summed E-state index contributed by atoms with van der Waals surface area (Å²) in [5.41, 5.74) is 11.9. The van der Waals surface area contributed by atoms with Gasteiger partial charge in [0, 0.05) is 5.69 Å². The number of nitrogens with zero attached hydrogens (tertiary/aromatic N) is 1. The molecule has 1 amide bonds. The summed E-state index contributed by atoms with van der Waals surface area (Å²) >= 11 is 5.04. The maximum atomic E-state index is 11.9. The van der Waals surface area contributed by atoms with Crippen LogP contribution >= 0.6 is 12.2 Å². The molecule has 0 aliphatic carbocycles. The van der Waals surface area contributed by atoms with Crippen molar-refractivity contribution in [3.05, 3.63) is 41.6 Å². The summed E-state index contributed by atoms with van der Waals surface area (Å²) in [4.78, 5) is 11.9. The van der Waals surface area contributed by atoms with E-state index in [1.807, 2.05) is 30.3 Å². The fraction of sp³-hybridized carbons (Fsp3) is 0.0833. The van der Waals surface area contributed by atoms with Crippen molar-refractivity contribution >= 4 is 34.8 Å². The number of rotatable bonds is 2. The molecule has 0 atom stereocenters. The molecule has 2 aromatic rings. The molecule has 0 spiro atoms. The van der Waals surface area contributed by atoms with Crippen molar-refractivity contribution in [1.29, 1.82) is 0 Å². The largest absolute Gasteiger partial charge is 0.367 e. The molecule has 7 nitrogen and oxygen atoms in total. The van der Waals surface area contributed by atoms with Crippen LogP contribution in [0.15, 0.2) is 34.9 Å². The second kappa shape index (κ2) is 6.02. The van der Waals surface area contributed by atoms with Crippen LogP contribution in [0.4, 0.5) is 11.6 Å². The third kappa shape index (κ3) is 3.23. The average molecular weight is 291 g/mol. The van der Waals surface area contributed by atoms with Gasteiger partial charge in [-0.05, 0) is 31.3 Å². The highest BCUT2D eigenvalue weighted by atomic mass is 32.1. The molecule has 1 heterocycles. The van der Waals surface area contributed by atoms with Gasteiger partial charge in [-0.1, -0.05) is 23.4 Å². The Kier molecular flexibility index (Phi) is 4.16. The van der Waals surface area contributed by atoms with Crippen LogP contribution in [0, 0.1) is 6.92 Å². The zero-order valence-electron chi connectivity index (χ0n) is 10.6. The summed E-state index contributed by atoms with van der Waals surface area (Å²) in [7, 11) is 0. The number of nitrogens with two attached hydrogens (primary N) is 1. The molecule has 104 valence electrons. The maximum Gasteiger partial charge on any atom is 0.277 e. The number of hydrogen-bond donors (Lipinski definition) is 4. The van der Waals surface area contributed by atoms with E-state index >= 15 is 0 Å². The Balaban J connectivity index is 1.89. The number of benzene rings is 1. The van der Waals surface area contributed by atoms with E-state index in [1.165, 1.54) is 0 Å². The fourth-order valence-corrected chi connectivity index (χ4v) is 1.69. The minimum Gasteiger partial charge on any atom is -0.367 e. The lowest BCUT2D eigenvalue weighted by Gasteiger charge is -2.11. The smallest absolute Gasteiger partial charge is 0.277 e. The van der Waals surface area contributed by atoms with E-state index in [0.29, 0.717) is 5.69 Å². The van der Waals surface area contributed by atoms with Gasteiger partial charge in [0.1, 0.15) is 5.56 Å². The molecule has 0 radical (unpaired) electrons. The molecule has 2 rings (SSSR count). The van der Waals surface area contributed by atoms with Gasteiger partial charge in [-0.15, -0.1) is 0 Å². The van der Waals surface area contributed by atoms with Crippen LogP contribution in [0.25, 0.3) is 0 Å². The minimum atomic E-state index is -0.474. The van der Waals surface area contributed by atoms with E-state index in [0.717, 1.165) is 5.69 Å². The summed E-state index contributed by atoms with van der Waals surface area (Å²) in [6.45, 7) is 1.62. The Hall–Kier alpha value is -2.61. The lowest BCUT2D eigenvalue weighted by molar-refractivity contribution is 0.0944. The van der Waals surface area contributed by atoms with Gasteiger partial charge in [0.05, 0.1) is 5.69 Å². The molecule has 0 bridgehead atoms. The molecule has 5 N–H and O–H groups in total. The normalized spacial score (nSPS) is 9.85. The number of thiocarbonyl (C=S) groups is 1. The van der Waals surface area contributed by atoms with Crippen LogP contribution in [0.3, 0.4) is 0 Å². The number of nitrogen functional groups attached to an aromatic ring is 1. The van der Waals surface area contributed by atoms with Gasteiger partial charge in [0.15, 0.2) is 5.11 Å². The number of amides is 1. The van der Waals surface area contributed by atoms with E-state index in [4.69, 9.17) is 22.5 Å². The van der Waals surface area contributed by atoms with Crippen molar-refractivity contribution in [1.82, 2.24) is 16.0 Å². The van der Waals surface area contributed by atoms with Gasteiger partial charge in [0.25, 0.3) is 5.91 Å². The number of hydrazine groups is 1. The number of aromatic nitrogens is 1. The number of carbonyl (C=O) groups excluding carboxylic acids is 1. The third-order valence-electron chi connectivity index (χ3n) is 2.44. The molecule has 0 aliphatic heterocycles. The quantitative estimate of drug-likeness (QED) is 0.486. The zero-order chi connectivity index (χ0) is 14.5. The van der Waals surface area contributed by atoms with E-state index in [1.54, 1.807) is 6.92 Å². The molecule has 0 unspecified atom stereocenters. The first-order valence-electron chi connectivity index (χ1n) is 5.72. The summed E-state index contributed by atoms with van der Waals surface area (Å²) in [6.07, 6.45) is 0. The van der Waals surface area contributed by atoms with E-state index in [9.17, 15) is 4.79 Å². The Bertz CT molecular complexity index is 607. The lowest BCUT2D eigenvalue weighted by atomic mass is 10.2. The molecular weight excluding hydrogens is 278 g/mol. The molecule has 1 aromatic carbocycles. The number of aryl methyl sites for hydroxylation is 1. The van der Waals surface area contributed by atoms with Gasteiger partial charge in [0.2, 0.25) is 5.88 Å². The average Bonchev–Trinajstić information content (AvgIpc) is 2.77. The molecule has 8 heteroatoms. The van der Waals surface area contributed by atoms with Crippen molar-refractivity contribution in [3.8, 4) is 0 Å². The molecule has 0 aliphatic rings.